The van der Waals surface area contributed by atoms with Crippen LogP contribution in [0.5, 0.6) is 0 Å². The standard InChI is InChI=1S/C14H8F3N3O3/c15-14(16,17)11-9(8-6-18-12(19-8)13(21)22)10(20-23-11)7-4-2-1-3-5-7/h1-6H,(H,18,19)(H,21,22). The lowest BCUT2D eigenvalue weighted by Gasteiger charge is -2.05. The summed E-state index contributed by atoms with van der Waals surface area (Å²) >= 11 is 0. The van der Waals surface area contributed by atoms with Gasteiger partial charge in [0.1, 0.15) is 5.69 Å². The molecule has 0 fully saturated rings. The van der Waals surface area contributed by atoms with Gasteiger partial charge in [0, 0.05) is 5.56 Å². The number of imidazole rings is 1. The zero-order valence-corrected chi connectivity index (χ0v) is 11.3. The van der Waals surface area contributed by atoms with Crippen molar-refractivity contribution < 1.29 is 27.6 Å². The molecule has 0 aliphatic heterocycles. The molecule has 0 atom stereocenters. The summed E-state index contributed by atoms with van der Waals surface area (Å²) in [5, 5.41) is 12.3. The molecule has 2 N–H and O–H groups in total. The molecule has 0 bridgehead atoms. The normalized spacial score (nSPS) is 11.6. The van der Waals surface area contributed by atoms with Gasteiger partial charge in [-0.1, -0.05) is 35.5 Å². The third-order valence-electron chi connectivity index (χ3n) is 3.04. The van der Waals surface area contributed by atoms with Crippen molar-refractivity contribution in [3.63, 3.8) is 0 Å². The van der Waals surface area contributed by atoms with Crippen LogP contribution in [-0.2, 0) is 6.18 Å². The summed E-state index contributed by atoms with van der Waals surface area (Å²) in [4.78, 5) is 16.7. The molecule has 0 saturated carbocycles. The molecule has 118 valence electrons. The highest BCUT2D eigenvalue weighted by molar-refractivity contribution is 5.86. The number of carbonyl (C=O) groups is 1. The summed E-state index contributed by atoms with van der Waals surface area (Å²) in [5.74, 6) is -3.19. The third kappa shape index (κ3) is 2.68. The molecule has 0 saturated heterocycles. The predicted molar refractivity (Wildman–Crippen MR) is 71.5 cm³/mol. The molecule has 6 nitrogen and oxygen atoms in total. The number of carboxylic acids is 1. The summed E-state index contributed by atoms with van der Waals surface area (Å²) in [6.07, 6.45) is -3.79. The van der Waals surface area contributed by atoms with Crippen LogP contribution in [0.1, 0.15) is 16.4 Å². The van der Waals surface area contributed by atoms with E-state index in [0.29, 0.717) is 5.56 Å². The minimum absolute atomic E-state index is 0.0569. The molecule has 2 aromatic heterocycles. The van der Waals surface area contributed by atoms with Crippen LogP contribution < -0.4 is 0 Å². The molecule has 0 unspecified atom stereocenters. The fraction of sp³-hybridized carbons (Fsp3) is 0.0714. The Morgan fingerprint density at radius 3 is 2.48 bits per heavy atom. The smallest absolute Gasteiger partial charge is 0.453 e. The van der Waals surface area contributed by atoms with E-state index in [-0.39, 0.29) is 17.0 Å². The van der Waals surface area contributed by atoms with Gasteiger partial charge in [0.05, 0.1) is 17.5 Å². The highest BCUT2D eigenvalue weighted by Crippen LogP contribution is 2.41. The van der Waals surface area contributed by atoms with Crippen molar-refractivity contribution in [3.05, 3.63) is 48.1 Å². The zero-order chi connectivity index (χ0) is 16.6. The largest absolute Gasteiger partial charge is 0.475 e. The van der Waals surface area contributed by atoms with E-state index < -0.39 is 23.7 Å². The highest BCUT2D eigenvalue weighted by atomic mass is 19.4. The molecule has 1 aromatic carbocycles. The van der Waals surface area contributed by atoms with Crippen molar-refractivity contribution in [1.29, 1.82) is 0 Å². The second kappa shape index (κ2) is 5.27. The van der Waals surface area contributed by atoms with Gasteiger partial charge in [-0.25, -0.2) is 9.78 Å². The molecule has 9 heteroatoms. The first-order valence-corrected chi connectivity index (χ1v) is 6.29. The molecule has 0 radical (unpaired) electrons. The molecular formula is C14H8F3N3O3. The minimum atomic E-state index is -4.79. The molecule has 2 heterocycles. The Kier molecular flexibility index (Phi) is 3.40. The number of aromatic carboxylic acids is 1. The maximum atomic E-state index is 13.1. The molecule has 3 rings (SSSR count). The summed E-state index contributed by atoms with van der Waals surface area (Å²) in [5.41, 5.74) is -0.190. The van der Waals surface area contributed by atoms with Crippen LogP contribution in [0.4, 0.5) is 13.2 Å². The average molecular weight is 323 g/mol. The second-order valence-electron chi connectivity index (χ2n) is 4.55. The second-order valence-corrected chi connectivity index (χ2v) is 4.55. The van der Waals surface area contributed by atoms with Gasteiger partial charge in [-0.15, -0.1) is 0 Å². The first-order chi connectivity index (χ1) is 10.9. The van der Waals surface area contributed by atoms with E-state index in [2.05, 4.69) is 19.6 Å². The molecule has 3 aromatic rings. The average Bonchev–Trinajstić information content (AvgIpc) is 3.14. The van der Waals surface area contributed by atoms with Crippen molar-refractivity contribution in [2.24, 2.45) is 0 Å². The third-order valence-corrected chi connectivity index (χ3v) is 3.04. The van der Waals surface area contributed by atoms with E-state index in [1.807, 2.05) is 0 Å². The van der Waals surface area contributed by atoms with Gasteiger partial charge in [0.2, 0.25) is 11.6 Å². The Morgan fingerprint density at radius 2 is 1.91 bits per heavy atom. The first-order valence-electron chi connectivity index (χ1n) is 6.29. The quantitative estimate of drug-likeness (QED) is 0.770. The van der Waals surface area contributed by atoms with Crippen molar-refractivity contribution in [3.8, 4) is 22.5 Å². The number of hydrogen-bond donors (Lipinski definition) is 2. The van der Waals surface area contributed by atoms with E-state index >= 15 is 0 Å². The van der Waals surface area contributed by atoms with E-state index in [0.717, 1.165) is 6.20 Å². The molecule has 23 heavy (non-hydrogen) atoms. The monoisotopic (exact) mass is 323 g/mol. The number of H-pyrrole nitrogens is 1. The number of benzene rings is 1. The Balaban J connectivity index is 2.23. The van der Waals surface area contributed by atoms with Crippen LogP contribution in [0.25, 0.3) is 22.5 Å². The first kappa shape index (κ1) is 14.8. The van der Waals surface area contributed by atoms with Gasteiger partial charge < -0.3 is 14.6 Å². The van der Waals surface area contributed by atoms with Gasteiger partial charge in [0.15, 0.2) is 0 Å². The topological polar surface area (TPSA) is 92.0 Å². The van der Waals surface area contributed by atoms with Gasteiger partial charge >= 0.3 is 12.1 Å². The van der Waals surface area contributed by atoms with Gasteiger partial charge in [-0.3, -0.25) is 0 Å². The van der Waals surface area contributed by atoms with E-state index in [4.69, 9.17) is 5.11 Å². The SMILES string of the molecule is O=C(O)c1ncc(-c2c(-c3ccccc3)noc2C(F)(F)F)[nH]1. The number of rotatable bonds is 3. The summed E-state index contributed by atoms with van der Waals surface area (Å²) in [6.45, 7) is 0. The van der Waals surface area contributed by atoms with Crippen LogP contribution in [0.15, 0.2) is 41.1 Å². The molecular weight excluding hydrogens is 315 g/mol. The van der Waals surface area contributed by atoms with Gasteiger partial charge in [-0.2, -0.15) is 13.2 Å². The lowest BCUT2D eigenvalue weighted by atomic mass is 10.0. The number of aromatic amines is 1. The number of halogens is 3. The Morgan fingerprint density at radius 1 is 1.22 bits per heavy atom. The van der Waals surface area contributed by atoms with Crippen LogP contribution in [0.2, 0.25) is 0 Å². The Labute approximate surface area is 126 Å². The molecule has 0 spiro atoms. The van der Waals surface area contributed by atoms with Crippen LogP contribution >= 0.6 is 0 Å². The van der Waals surface area contributed by atoms with Crippen LogP contribution in [0, 0.1) is 0 Å². The van der Waals surface area contributed by atoms with E-state index in [1.165, 1.54) is 0 Å². The van der Waals surface area contributed by atoms with Crippen molar-refractivity contribution in [1.82, 2.24) is 15.1 Å². The number of carboxylic acid groups (broad SMARTS) is 1. The Hall–Kier alpha value is -3.10. The highest BCUT2D eigenvalue weighted by Gasteiger charge is 2.41. The fourth-order valence-electron chi connectivity index (χ4n) is 2.08. The van der Waals surface area contributed by atoms with Crippen LogP contribution in [-0.4, -0.2) is 26.2 Å². The lowest BCUT2D eigenvalue weighted by Crippen LogP contribution is -2.05. The molecule has 0 aliphatic rings. The number of aromatic nitrogens is 3. The lowest BCUT2D eigenvalue weighted by molar-refractivity contribution is -0.154. The summed E-state index contributed by atoms with van der Waals surface area (Å²) < 4.78 is 43.9. The van der Waals surface area contributed by atoms with Crippen molar-refractivity contribution in [2.75, 3.05) is 0 Å². The molecule has 0 amide bonds. The predicted octanol–water partition coefficient (Wildman–Crippen LogP) is 3.45. The maximum absolute atomic E-state index is 13.1. The van der Waals surface area contributed by atoms with Crippen LogP contribution in [0.3, 0.4) is 0 Å². The van der Waals surface area contributed by atoms with E-state index in [1.54, 1.807) is 30.3 Å². The number of hydrogen-bond acceptors (Lipinski definition) is 4. The Bertz CT molecular complexity index is 853. The number of alkyl halides is 3. The minimum Gasteiger partial charge on any atom is -0.475 e. The van der Waals surface area contributed by atoms with Gasteiger partial charge in [-0.05, 0) is 0 Å². The van der Waals surface area contributed by atoms with Gasteiger partial charge in [0.25, 0.3) is 0 Å². The summed E-state index contributed by atoms with van der Waals surface area (Å²) in [7, 11) is 0. The van der Waals surface area contributed by atoms with Crippen molar-refractivity contribution in [2.45, 2.75) is 6.18 Å². The number of nitrogens with one attached hydrogen (secondary N) is 1. The number of nitrogens with zero attached hydrogens (tertiary/aromatic N) is 2. The fourth-order valence-corrected chi connectivity index (χ4v) is 2.08. The van der Waals surface area contributed by atoms with Crippen molar-refractivity contribution >= 4 is 5.97 Å². The molecule has 0 aliphatic carbocycles. The van der Waals surface area contributed by atoms with E-state index in [9.17, 15) is 18.0 Å². The maximum Gasteiger partial charge on any atom is 0.453 e. The summed E-state index contributed by atoms with van der Waals surface area (Å²) in [6, 6.07) is 8.10. The zero-order valence-electron chi connectivity index (χ0n) is 11.3.